The molecule has 0 radical (unpaired) electrons. The number of pyridine rings is 1. The second-order valence-electron chi connectivity index (χ2n) is 6.31. The van der Waals surface area contributed by atoms with Crippen LogP contribution < -0.4 is 5.63 Å². The zero-order valence-corrected chi connectivity index (χ0v) is 14.7. The number of aromatic hydroxyl groups is 1. The second-order valence-corrected chi connectivity index (χ2v) is 6.31. The minimum atomic E-state index is -0.616. The maximum absolute atomic E-state index is 13.3. The van der Waals surface area contributed by atoms with Crippen molar-refractivity contribution in [2.24, 2.45) is 0 Å². The lowest BCUT2D eigenvalue weighted by Gasteiger charge is -2.10. The number of carbonyl (C=O) groups excluding carboxylic acids is 1. The molecule has 28 heavy (non-hydrogen) atoms. The molecule has 6 nitrogen and oxygen atoms in total. The molecule has 0 atom stereocenters. The van der Waals surface area contributed by atoms with Crippen molar-refractivity contribution in [2.75, 3.05) is 0 Å². The van der Waals surface area contributed by atoms with Gasteiger partial charge in [-0.1, -0.05) is 0 Å². The Morgan fingerprint density at radius 3 is 2.82 bits per heavy atom. The number of fused-ring (bicyclic) bond motifs is 2. The van der Waals surface area contributed by atoms with Crippen molar-refractivity contribution in [1.29, 1.82) is 0 Å². The quantitative estimate of drug-likeness (QED) is 0.430. The summed E-state index contributed by atoms with van der Waals surface area (Å²) >= 11 is 0. The van der Waals surface area contributed by atoms with Gasteiger partial charge in [0, 0.05) is 34.5 Å². The number of aromatic nitrogens is 1. The van der Waals surface area contributed by atoms with Gasteiger partial charge in [0.2, 0.25) is 0 Å². The maximum Gasteiger partial charge on any atom is 0.340 e. The summed E-state index contributed by atoms with van der Waals surface area (Å²) in [4.78, 5) is 28.5. The van der Waals surface area contributed by atoms with Crippen LogP contribution in [0.5, 0.6) is 5.75 Å². The highest BCUT2D eigenvalue weighted by Crippen LogP contribution is 2.23. The van der Waals surface area contributed by atoms with Crippen LogP contribution in [0.25, 0.3) is 21.9 Å². The van der Waals surface area contributed by atoms with E-state index in [0.29, 0.717) is 27.5 Å². The van der Waals surface area contributed by atoms with Gasteiger partial charge in [0.25, 0.3) is 0 Å². The van der Waals surface area contributed by atoms with E-state index in [9.17, 15) is 19.1 Å². The number of rotatable bonds is 3. The molecule has 0 saturated carbocycles. The Hall–Kier alpha value is -3.74. The van der Waals surface area contributed by atoms with Crippen LogP contribution in [0.1, 0.15) is 21.6 Å². The van der Waals surface area contributed by atoms with E-state index in [1.54, 1.807) is 19.1 Å². The summed E-state index contributed by atoms with van der Waals surface area (Å²) < 4.78 is 23.8. The van der Waals surface area contributed by atoms with E-state index in [2.05, 4.69) is 4.98 Å². The lowest BCUT2D eigenvalue weighted by atomic mass is 10.1. The molecule has 2 heterocycles. The molecule has 1 N–H and O–H groups in total. The summed E-state index contributed by atoms with van der Waals surface area (Å²) in [6.07, 6.45) is 0. The lowest BCUT2D eigenvalue weighted by molar-refractivity contribution is 0.0472. The standard InChI is InChI=1S/C21H14FNO5/c1-11-17(6-12-2-3-14(22)8-18(12)23-11)21(26)27-10-13-7-20(25)28-19-9-15(24)4-5-16(13)19/h2-9,24H,10H2,1H3. The highest BCUT2D eigenvalue weighted by Gasteiger charge is 2.15. The van der Waals surface area contributed by atoms with Crippen LogP contribution in [0.15, 0.2) is 57.7 Å². The Morgan fingerprint density at radius 1 is 1.18 bits per heavy atom. The number of hydrogen-bond acceptors (Lipinski definition) is 6. The van der Waals surface area contributed by atoms with Gasteiger partial charge in [-0.25, -0.2) is 14.0 Å². The SMILES string of the molecule is Cc1nc2cc(F)ccc2cc1C(=O)OCc1cc(=O)oc2cc(O)ccc12. The van der Waals surface area contributed by atoms with Crippen LogP contribution in [0.4, 0.5) is 4.39 Å². The van der Waals surface area contributed by atoms with Gasteiger partial charge >= 0.3 is 11.6 Å². The van der Waals surface area contributed by atoms with Crippen molar-refractivity contribution < 1.29 is 23.4 Å². The average Bonchev–Trinajstić information content (AvgIpc) is 2.64. The summed E-state index contributed by atoms with van der Waals surface area (Å²) in [6, 6.07) is 11.3. The van der Waals surface area contributed by atoms with E-state index in [0.717, 1.165) is 0 Å². The van der Waals surface area contributed by atoms with E-state index < -0.39 is 17.4 Å². The number of halogens is 1. The molecule has 0 aliphatic heterocycles. The van der Waals surface area contributed by atoms with Gasteiger partial charge < -0.3 is 14.3 Å². The fourth-order valence-corrected chi connectivity index (χ4v) is 3.00. The first-order valence-electron chi connectivity index (χ1n) is 8.40. The molecular weight excluding hydrogens is 365 g/mol. The molecule has 140 valence electrons. The van der Waals surface area contributed by atoms with Crippen molar-refractivity contribution >= 4 is 27.8 Å². The van der Waals surface area contributed by atoms with Gasteiger partial charge in [0.1, 0.15) is 23.8 Å². The lowest BCUT2D eigenvalue weighted by Crippen LogP contribution is -2.10. The number of phenols is 1. The normalized spacial score (nSPS) is 11.1. The van der Waals surface area contributed by atoms with Gasteiger partial charge in [0.15, 0.2) is 0 Å². The van der Waals surface area contributed by atoms with Gasteiger partial charge in [-0.3, -0.25) is 4.98 Å². The van der Waals surface area contributed by atoms with Crippen LogP contribution in [-0.2, 0) is 11.3 Å². The predicted molar refractivity (Wildman–Crippen MR) is 99.7 cm³/mol. The van der Waals surface area contributed by atoms with Crippen LogP contribution in [0, 0.1) is 12.7 Å². The van der Waals surface area contributed by atoms with Crippen molar-refractivity contribution in [1.82, 2.24) is 4.98 Å². The first-order chi connectivity index (χ1) is 13.4. The Morgan fingerprint density at radius 2 is 2.00 bits per heavy atom. The molecular formula is C21H14FNO5. The summed E-state index contributed by atoms with van der Waals surface area (Å²) in [5, 5.41) is 10.7. The number of phenolic OH excluding ortho intramolecular Hbond substituents is 1. The number of esters is 1. The third kappa shape index (κ3) is 3.29. The summed E-state index contributed by atoms with van der Waals surface area (Å²) in [5.41, 5.74) is 1.14. The third-order valence-electron chi connectivity index (χ3n) is 4.36. The fourth-order valence-electron chi connectivity index (χ4n) is 3.00. The fraction of sp³-hybridized carbons (Fsp3) is 0.0952. The van der Waals surface area contributed by atoms with Crippen molar-refractivity contribution in [3.8, 4) is 5.75 Å². The molecule has 0 saturated heterocycles. The number of ether oxygens (including phenoxy) is 1. The zero-order chi connectivity index (χ0) is 19.8. The van der Waals surface area contributed by atoms with Gasteiger partial charge in [-0.2, -0.15) is 0 Å². The summed E-state index contributed by atoms with van der Waals surface area (Å²) in [5.74, 6) is -1.06. The highest BCUT2D eigenvalue weighted by atomic mass is 19.1. The van der Waals surface area contributed by atoms with Gasteiger partial charge in [-0.05, 0) is 37.3 Å². The molecule has 0 spiro atoms. The van der Waals surface area contributed by atoms with E-state index in [4.69, 9.17) is 9.15 Å². The van der Waals surface area contributed by atoms with E-state index >= 15 is 0 Å². The highest BCUT2D eigenvalue weighted by molar-refractivity contribution is 5.95. The molecule has 0 aliphatic carbocycles. The molecule has 4 rings (SSSR count). The molecule has 0 unspecified atom stereocenters. The zero-order valence-electron chi connectivity index (χ0n) is 14.7. The molecule has 0 bridgehead atoms. The van der Waals surface area contributed by atoms with E-state index in [1.807, 2.05) is 0 Å². The minimum absolute atomic E-state index is 0.0425. The number of hydrogen-bond donors (Lipinski definition) is 1. The molecule has 4 aromatic rings. The Labute approximate surface area is 157 Å². The van der Waals surface area contributed by atoms with E-state index in [-0.39, 0.29) is 23.5 Å². The predicted octanol–water partition coefficient (Wildman–Crippen LogP) is 3.85. The van der Waals surface area contributed by atoms with Crippen molar-refractivity contribution in [2.45, 2.75) is 13.5 Å². The number of aryl methyl sites for hydroxylation is 1. The average molecular weight is 379 g/mol. The molecule has 2 aromatic carbocycles. The largest absolute Gasteiger partial charge is 0.508 e. The van der Waals surface area contributed by atoms with Crippen LogP contribution in [-0.4, -0.2) is 16.1 Å². The second kappa shape index (κ2) is 6.77. The van der Waals surface area contributed by atoms with Crippen LogP contribution in [0.2, 0.25) is 0 Å². The summed E-state index contributed by atoms with van der Waals surface area (Å²) in [6.45, 7) is 1.48. The van der Waals surface area contributed by atoms with E-state index in [1.165, 1.54) is 36.4 Å². The molecule has 0 aliphatic rings. The Kier molecular flexibility index (Phi) is 4.27. The van der Waals surface area contributed by atoms with Gasteiger partial charge in [-0.15, -0.1) is 0 Å². The first-order valence-corrected chi connectivity index (χ1v) is 8.40. The molecule has 0 fully saturated rings. The number of nitrogens with zero attached hydrogens (tertiary/aromatic N) is 1. The molecule has 7 heteroatoms. The van der Waals surface area contributed by atoms with Crippen molar-refractivity contribution in [3.05, 3.63) is 81.6 Å². The monoisotopic (exact) mass is 379 g/mol. The smallest absolute Gasteiger partial charge is 0.340 e. The van der Waals surface area contributed by atoms with Crippen LogP contribution in [0.3, 0.4) is 0 Å². The minimum Gasteiger partial charge on any atom is -0.508 e. The van der Waals surface area contributed by atoms with Gasteiger partial charge in [0.05, 0.1) is 16.8 Å². The first kappa shape index (κ1) is 17.7. The third-order valence-corrected chi connectivity index (χ3v) is 4.36. The Bertz CT molecular complexity index is 1300. The Balaban J connectivity index is 1.64. The van der Waals surface area contributed by atoms with Crippen LogP contribution >= 0.6 is 0 Å². The molecule has 0 amide bonds. The summed E-state index contributed by atoms with van der Waals surface area (Å²) in [7, 11) is 0. The molecule has 2 aromatic heterocycles. The number of carbonyl (C=O) groups is 1. The maximum atomic E-state index is 13.3. The van der Waals surface area contributed by atoms with Crippen molar-refractivity contribution in [3.63, 3.8) is 0 Å². The topological polar surface area (TPSA) is 89.6 Å². The number of benzene rings is 2.